The minimum absolute atomic E-state index is 0.0801. The van der Waals surface area contributed by atoms with E-state index < -0.39 is 26.5 Å². The molecule has 0 aromatic carbocycles. The largest absolute Gasteiger partial charge is 0.472 e. The first-order valence-corrected chi connectivity index (χ1v) is 23.6. The van der Waals surface area contributed by atoms with Crippen LogP contribution >= 0.6 is 7.82 Å². The van der Waals surface area contributed by atoms with Crippen LogP contribution in [0.3, 0.4) is 0 Å². The molecule has 0 aliphatic carbocycles. The van der Waals surface area contributed by atoms with Gasteiger partial charge < -0.3 is 20.1 Å². The van der Waals surface area contributed by atoms with E-state index in [1.54, 1.807) is 0 Å². The van der Waals surface area contributed by atoms with E-state index in [2.05, 4.69) is 67.8 Å². The molecule has 0 saturated heterocycles. The van der Waals surface area contributed by atoms with Gasteiger partial charge in [-0.15, -0.1) is 0 Å². The molecule has 55 heavy (non-hydrogen) atoms. The third-order valence-electron chi connectivity index (χ3n) is 9.26. The number of carbonyl (C=O) groups is 2. The van der Waals surface area contributed by atoms with E-state index >= 15 is 0 Å². The molecule has 9 nitrogen and oxygen atoms in total. The van der Waals surface area contributed by atoms with Crippen LogP contribution in [-0.4, -0.2) is 54.3 Å². The Morgan fingerprint density at radius 2 is 0.982 bits per heavy atom. The van der Waals surface area contributed by atoms with Crippen molar-refractivity contribution < 1.29 is 37.9 Å². The highest BCUT2D eigenvalue weighted by Gasteiger charge is 2.23. The summed E-state index contributed by atoms with van der Waals surface area (Å²) < 4.78 is 26.9. The molecular weight excluding hydrogens is 713 g/mol. The highest BCUT2D eigenvalue weighted by molar-refractivity contribution is 7.47. The van der Waals surface area contributed by atoms with Gasteiger partial charge in [0, 0.05) is 19.4 Å². The van der Waals surface area contributed by atoms with Crippen molar-refractivity contribution in [3.8, 4) is 0 Å². The molecule has 0 aromatic rings. The SMILES string of the molecule is CCCCC/C=C\C/C=C\C/C=C\C/C=C\CCCCCCCC(=O)OCC(O)COP(=O)(O)OCCNC(=O)CCCCCCCCCCCCCCC. The molecule has 320 valence electrons. The number of allylic oxidation sites excluding steroid dienone is 8. The van der Waals surface area contributed by atoms with Crippen LogP contribution in [0.25, 0.3) is 0 Å². The van der Waals surface area contributed by atoms with Crippen LogP contribution in [0, 0.1) is 0 Å². The van der Waals surface area contributed by atoms with Crippen LogP contribution in [0.4, 0.5) is 0 Å². The fraction of sp³-hybridized carbons (Fsp3) is 0.778. The Hall–Kier alpha value is -2.03. The average Bonchev–Trinajstić information content (AvgIpc) is 3.17. The molecule has 2 unspecified atom stereocenters. The van der Waals surface area contributed by atoms with Gasteiger partial charge in [0.2, 0.25) is 5.91 Å². The molecule has 0 bridgehead atoms. The third kappa shape index (κ3) is 42.9. The first-order chi connectivity index (χ1) is 26.8. The van der Waals surface area contributed by atoms with Crippen molar-refractivity contribution in [3.63, 3.8) is 0 Å². The molecule has 0 radical (unpaired) electrons. The zero-order chi connectivity index (χ0) is 40.3. The van der Waals surface area contributed by atoms with Crippen LogP contribution in [0.1, 0.15) is 194 Å². The number of rotatable bonds is 41. The van der Waals surface area contributed by atoms with Gasteiger partial charge >= 0.3 is 13.8 Å². The van der Waals surface area contributed by atoms with Crippen molar-refractivity contribution in [3.05, 3.63) is 48.6 Å². The number of phosphoric ester groups is 1. The van der Waals surface area contributed by atoms with Gasteiger partial charge in [0.15, 0.2) is 0 Å². The van der Waals surface area contributed by atoms with E-state index in [1.807, 2.05) is 0 Å². The fourth-order valence-electron chi connectivity index (χ4n) is 5.89. The topological polar surface area (TPSA) is 131 Å². The van der Waals surface area contributed by atoms with E-state index in [1.165, 1.54) is 89.9 Å². The Morgan fingerprint density at radius 1 is 0.564 bits per heavy atom. The van der Waals surface area contributed by atoms with E-state index in [9.17, 15) is 24.2 Å². The number of amides is 1. The summed E-state index contributed by atoms with van der Waals surface area (Å²) in [5, 5.41) is 12.7. The molecule has 0 saturated carbocycles. The fourth-order valence-corrected chi connectivity index (χ4v) is 6.65. The molecule has 0 fully saturated rings. The number of unbranched alkanes of at least 4 members (excludes halogenated alkanes) is 20. The molecule has 0 spiro atoms. The molecule has 0 aromatic heterocycles. The number of hydrogen-bond donors (Lipinski definition) is 3. The predicted octanol–water partition coefficient (Wildman–Crippen LogP) is 12.3. The molecule has 1 amide bonds. The van der Waals surface area contributed by atoms with Crippen LogP contribution in [0.2, 0.25) is 0 Å². The summed E-state index contributed by atoms with van der Waals surface area (Å²) in [6, 6.07) is 0. The number of esters is 1. The number of phosphoric acid groups is 1. The first-order valence-electron chi connectivity index (χ1n) is 22.1. The van der Waals surface area contributed by atoms with Gasteiger partial charge in [-0.05, 0) is 57.8 Å². The Labute approximate surface area is 336 Å². The molecular formula is C45H82NO8P. The predicted molar refractivity (Wildman–Crippen MR) is 229 cm³/mol. The van der Waals surface area contributed by atoms with Gasteiger partial charge in [-0.1, -0.05) is 172 Å². The molecule has 0 rings (SSSR count). The Balaban J connectivity index is 3.64. The van der Waals surface area contributed by atoms with Gasteiger partial charge in [0.25, 0.3) is 0 Å². The quantitative estimate of drug-likeness (QED) is 0.0241. The van der Waals surface area contributed by atoms with Crippen molar-refractivity contribution in [1.82, 2.24) is 5.32 Å². The molecule has 0 aliphatic heterocycles. The Bertz CT molecular complexity index is 1040. The smallest absolute Gasteiger partial charge is 0.463 e. The Kier molecular flexibility index (Phi) is 40.1. The normalized spacial score (nSPS) is 13.7. The summed E-state index contributed by atoms with van der Waals surface area (Å²) in [5.41, 5.74) is 0. The second kappa shape index (κ2) is 41.6. The number of ether oxygens (including phenoxy) is 1. The lowest BCUT2D eigenvalue weighted by atomic mass is 10.0. The van der Waals surface area contributed by atoms with Gasteiger partial charge in [0.1, 0.15) is 12.7 Å². The number of aliphatic hydroxyl groups is 1. The van der Waals surface area contributed by atoms with Gasteiger partial charge in [-0.25, -0.2) is 4.57 Å². The average molecular weight is 796 g/mol. The van der Waals surface area contributed by atoms with Gasteiger partial charge in [-0.3, -0.25) is 18.6 Å². The minimum atomic E-state index is -4.42. The number of aliphatic hydroxyl groups excluding tert-OH is 1. The third-order valence-corrected chi connectivity index (χ3v) is 10.2. The summed E-state index contributed by atoms with van der Waals surface area (Å²) in [7, 11) is -4.42. The molecule has 2 atom stereocenters. The molecule has 0 aliphatic rings. The van der Waals surface area contributed by atoms with Crippen molar-refractivity contribution >= 4 is 19.7 Å². The zero-order valence-electron chi connectivity index (χ0n) is 35.1. The maximum absolute atomic E-state index is 12.1. The lowest BCUT2D eigenvalue weighted by molar-refractivity contribution is -0.147. The van der Waals surface area contributed by atoms with E-state index in [-0.39, 0.29) is 32.1 Å². The second-order valence-corrected chi connectivity index (χ2v) is 16.1. The van der Waals surface area contributed by atoms with E-state index in [0.29, 0.717) is 12.8 Å². The summed E-state index contributed by atoms with van der Waals surface area (Å²) >= 11 is 0. The van der Waals surface area contributed by atoms with E-state index in [0.717, 1.165) is 70.6 Å². The number of hydrogen-bond acceptors (Lipinski definition) is 7. The van der Waals surface area contributed by atoms with E-state index in [4.69, 9.17) is 13.8 Å². The zero-order valence-corrected chi connectivity index (χ0v) is 36.0. The van der Waals surface area contributed by atoms with Crippen LogP contribution in [0.15, 0.2) is 48.6 Å². The van der Waals surface area contributed by atoms with Crippen LogP contribution < -0.4 is 5.32 Å². The van der Waals surface area contributed by atoms with Crippen LogP contribution in [0.5, 0.6) is 0 Å². The summed E-state index contributed by atoms with van der Waals surface area (Å²) in [5.74, 6) is -0.533. The van der Waals surface area contributed by atoms with Crippen molar-refractivity contribution in [2.45, 2.75) is 200 Å². The maximum Gasteiger partial charge on any atom is 0.472 e. The lowest BCUT2D eigenvalue weighted by Crippen LogP contribution is -2.27. The van der Waals surface area contributed by atoms with Gasteiger partial charge in [0.05, 0.1) is 13.2 Å². The number of carbonyl (C=O) groups excluding carboxylic acids is 2. The number of nitrogens with one attached hydrogen (secondary N) is 1. The van der Waals surface area contributed by atoms with Crippen molar-refractivity contribution in [2.75, 3.05) is 26.4 Å². The highest BCUT2D eigenvalue weighted by Crippen LogP contribution is 2.42. The second-order valence-electron chi connectivity index (χ2n) is 14.7. The minimum Gasteiger partial charge on any atom is -0.463 e. The summed E-state index contributed by atoms with van der Waals surface area (Å²) in [6.07, 6.45) is 47.5. The first kappa shape index (κ1) is 53.0. The molecule has 10 heteroatoms. The van der Waals surface area contributed by atoms with Crippen molar-refractivity contribution in [2.24, 2.45) is 0 Å². The van der Waals surface area contributed by atoms with Gasteiger partial charge in [-0.2, -0.15) is 0 Å². The summed E-state index contributed by atoms with van der Waals surface area (Å²) in [4.78, 5) is 33.9. The maximum atomic E-state index is 12.1. The monoisotopic (exact) mass is 796 g/mol. The molecule has 3 N–H and O–H groups in total. The van der Waals surface area contributed by atoms with Crippen molar-refractivity contribution in [1.29, 1.82) is 0 Å². The highest BCUT2D eigenvalue weighted by atomic mass is 31.2. The summed E-state index contributed by atoms with van der Waals surface area (Å²) in [6.45, 7) is 3.51. The molecule has 0 heterocycles. The lowest BCUT2D eigenvalue weighted by Gasteiger charge is -2.15. The van der Waals surface area contributed by atoms with Crippen LogP contribution in [-0.2, 0) is 27.9 Å². The standard InChI is InChI=1S/C45H82NO8P/c1-3-5-7-9-11-13-15-17-18-19-20-21-22-23-24-26-28-30-32-34-36-38-45(49)52-41-43(47)42-54-55(50,51)53-40-39-46-44(48)37-35-33-31-29-27-25-16-14-12-10-8-6-4-2/h11,13,17-18,20-21,23-24,43,47H,3-10,12,14-16,19,22,25-42H2,1-2H3,(H,46,48)(H,50,51)/b13-11-,18-17-,21-20-,24-23-. The Morgan fingerprint density at radius 3 is 1.51 bits per heavy atom.